The van der Waals surface area contributed by atoms with Crippen molar-refractivity contribution in [2.24, 2.45) is 5.41 Å². The van der Waals surface area contributed by atoms with Crippen molar-refractivity contribution in [1.29, 1.82) is 0 Å². The summed E-state index contributed by atoms with van der Waals surface area (Å²) >= 11 is 8.13. The minimum Gasteiger partial charge on any atom is -0.496 e. The zero-order chi connectivity index (χ0) is 51.0. The minimum absolute atomic E-state index is 0.00990. The molecule has 5 aromatic rings. The van der Waals surface area contributed by atoms with Gasteiger partial charge in [-0.15, -0.1) is 11.3 Å². The molecular formula is C53H66ClN8O7PS. The number of β-amino-alcohol motifs (C(OH)–C–C–N with tert-alkyl or cyclic N) is 1. The third-order valence-corrected chi connectivity index (χ3v) is 16.1. The van der Waals surface area contributed by atoms with Gasteiger partial charge >= 0.3 is 0 Å². The van der Waals surface area contributed by atoms with Gasteiger partial charge in [-0.1, -0.05) is 87.0 Å². The molecule has 2 aliphatic heterocycles. The molecule has 18 heteroatoms. The number of aromatic nitrogens is 3. The van der Waals surface area contributed by atoms with Crippen LogP contribution in [0.4, 0.5) is 5.69 Å². The van der Waals surface area contributed by atoms with E-state index in [0.29, 0.717) is 80.6 Å². The van der Waals surface area contributed by atoms with Crippen LogP contribution in [0.15, 0.2) is 78.4 Å². The molecule has 0 radical (unpaired) electrons. The zero-order valence-electron chi connectivity index (χ0n) is 41.7. The molecule has 378 valence electrons. The molecule has 0 saturated carbocycles. The molecular weight excluding hydrogens is 959 g/mol. The Hall–Kier alpha value is -5.67. The number of thiazole rings is 1. The summed E-state index contributed by atoms with van der Waals surface area (Å²) in [6.45, 7) is 13.7. The fraction of sp³-hybridized carbons (Fsp3) is 0.453. The molecule has 2 aliphatic rings. The van der Waals surface area contributed by atoms with Crippen LogP contribution < -0.4 is 25.6 Å². The van der Waals surface area contributed by atoms with Crippen molar-refractivity contribution in [2.45, 2.75) is 97.4 Å². The molecule has 0 bridgehead atoms. The van der Waals surface area contributed by atoms with E-state index < -0.39 is 36.7 Å². The number of nitrogens with zero attached hydrogens (tertiary/aromatic N) is 6. The van der Waals surface area contributed by atoms with Gasteiger partial charge in [0, 0.05) is 100 Å². The van der Waals surface area contributed by atoms with E-state index in [4.69, 9.17) is 21.3 Å². The van der Waals surface area contributed by atoms with Crippen LogP contribution in [0.5, 0.6) is 5.75 Å². The molecule has 2 fully saturated rings. The number of halogens is 1. The van der Waals surface area contributed by atoms with Crippen LogP contribution in [0.25, 0.3) is 10.4 Å². The van der Waals surface area contributed by atoms with E-state index in [9.17, 15) is 28.8 Å². The highest BCUT2D eigenvalue weighted by molar-refractivity contribution is 7.70. The second kappa shape index (κ2) is 23.3. The molecule has 15 nitrogen and oxygen atoms in total. The number of benzene rings is 3. The number of rotatable bonds is 18. The van der Waals surface area contributed by atoms with Gasteiger partial charge < -0.3 is 39.7 Å². The Kier molecular flexibility index (Phi) is 17.4. The summed E-state index contributed by atoms with van der Waals surface area (Å²) in [7, 11) is -0.873. The van der Waals surface area contributed by atoms with E-state index in [1.807, 2.05) is 105 Å². The van der Waals surface area contributed by atoms with Crippen molar-refractivity contribution in [2.75, 3.05) is 58.1 Å². The lowest BCUT2D eigenvalue weighted by Crippen LogP contribution is -2.57. The SMILES string of the molecule is COc1cc(N2CCN(C(=O)CCCCC(=O)N[C@H](C(=O)N3C[C@H](O)C[C@H]3C(=O)NCc3ccc(-c4scnc4C)cc3)C(C)(C)C)CC2)ccc1Cc1ncc(Cl)c(Cc2ccccc2P(C)(C)=O)n1. The van der Waals surface area contributed by atoms with E-state index in [1.165, 1.54) is 4.90 Å². The number of amides is 4. The summed E-state index contributed by atoms with van der Waals surface area (Å²) in [6.07, 6.45) is 3.11. The van der Waals surface area contributed by atoms with Gasteiger partial charge in [0.05, 0.1) is 40.0 Å². The largest absolute Gasteiger partial charge is 0.496 e. The summed E-state index contributed by atoms with van der Waals surface area (Å²) < 4.78 is 18.8. The second-order valence-electron chi connectivity index (χ2n) is 19.9. The van der Waals surface area contributed by atoms with Gasteiger partial charge in [-0.05, 0) is 61.3 Å². The lowest BCUT2D eigenvalue weighted by Gasteiger charge is -2.36. The molecule has 71 heavy (non-hydrogen) atoms. The number of aliphatic hydroxyl groups is 1. The number of piperazine rings is 1. The van der Waals surface area contributed by atoms with Crippen molar-refractivity contribution >= 4 is 64.7 Å². The van der Waals surface area contributed by atoms with Crippen molar-refractivity contribution in [3.63, 3.8) is 0 Å². The van der Waals surface area contributed by atoms with Crippen LogP contribution in [0.3, 0.4) is 0 Å². The zero-order valence-corrected chi connectivity index (χ0v) is 44.2. The molecule has 2 aromatic heterocycles. The Morgan fingerprint density at radius 1 is 0.944 bits per heavy atom. The summed E-state index contributed by atoms with van der Waals surface area (Å²) in [5, 5.41) is 17.8. The number of hydrogen-bond donors (Lipinski definition) is 3. The summed E-state index contributed by atoms with van der Waals surface area (Å²) in [5.74, 6) is 0.228. The van der Waals surface area contributed by atoms with Crippen LogP contribution in [0.1, 0.15) is 86.8 Å². The van der Waals surface area contributed by atoms with Gasteiger partial charge in [0.1, 0.15) is 30.8 Å². The highest BCUT2D eigenvalue weighted by atomic mass is 35.5. The van der Waals surface area contributed by atoms with E-state index in [2.05, 4.69) is 25.5 Å². The van der Waals surface area contributed by atoms with E-state index in [-0.39, 0.29) is 43.7 Å². The maximum atomic E-state index is 14.1. The number of hydrogen-bond acceptors (Lipinski definition) is 12. The predicted molar refractivity (Wildman–Crippen MR) is 280 cm³/mol. The smallest absolute Gasteiger partial charge is 0.246 e. The topological polar surface area (TPSA) is 187 Å². The van der Waals surface area contributed by atoms with Gasteiger partial charge in [0.15, 0.2) is 0 Å². The molecule has 3 aromatic carbocycles. The molecule has 4 amide bonds. The average Bonchev–Trinajstić information content (AvgIpc) is 3.96. The van der Waals surface area contributed by atoms with Gasteiger partial charge in [-0.25, -0.2) is 15.0 Å². The molecule has 2 saturated heterocycles. The quantitative estimate of drug-likeness (QED) is 0.0605. The van der Waals surface area contributed by atoms with Crippen LogP contribution in [-0.2, 0) is 43.1 Å². The Labute approximate surface area is 426 Å². The number of carbonyl (C=O) groups excluding carboxylic acids is 4. The number of methoxy groups -OCH3 is 1. The molecule has 0 spiro atoms. The lowest BCUT2D eigenvalue weighted by molar-refractivity contribution is -0.144. The van der Waals surface area contributed by atoms with Gasteiger partial charge in [-0.2, -0.15) is 0 Å². The van der Waals surface area contributed by atoms with Crippen LogP contribution in [0, 0.1) is 12.3 Å². The van der Waals surface area contributed by atoms with Crippen LogP contribution >= 0.6 is 30.1 Å². The van der Waals surface area contributed by atoms with Crippen molar-refractivity contribution in [3.8, 4) is 16.2 Å². The Morgan fingerprint density at radius 2 is 1.66 bits per heavy atom. The molecule has 4 heterocycles. The molecule has 7 rings (SSSR count). The first-order valence-corrected chi connectivity index (χ1v) is 28.0. The first kappa shape index (κ1) is 53.1. The van der Waals surface area contributed by atoms with Gasteiger partial charge in [0.25, 0.3) is 0 Å². The molecule has 3 atom stereocenters. The molecule has 3 N–H and O–H groups in total. The van der Waals surface area contributed by atoms with Crippen molar-refractivity contribution in [1.82, 2.24) is 35.4 Å². The third-order valence-electron chi connectivity index (χ3n) is 13.2. The normalized spacial score (nSPS) is 16.7. The highest BCUT2D eigenvalue weighted by Crippen LogP contribution is 2.37. The number of carbonyl (C=O) groups is 4. The van der Waals surface area contributed by atoms with Gasteiger partial charge in [-0.3, -0.25) is 19.2 Å². The number of ether oxygens (including phenoxy) is 1. The fourth-order valence-electron chi connectivity index (χ4n) is 9.21. The number of unbranched alkanes of at least 4 members (excludes halogenated alkanes) is 1. The first-order chi connectivity index (χ1) is 33.8. The van der Waals surface area contributed by atoms with Crippen molar-refractivity contribution in [3.05, 3.63) is 117 Å². The number of aryl methyl sites for hydroxylation is 1. The average molecular weight is 1030 g/mol. The Morgan fingerprint density at radius 3 is 2.34 bits per heavy atom. The van der Waals surface area contributed by atoms with Crippen molar-refractivity contribution < 1.29 is 33.6 Å². The van der Waals surface area contributed by atoms with E-state index >= 15 is 0 Å². The number of likely N-dealkylation sites (tertiary alicyclic amines) is 1. The maximum Gasteiger partial charge on any atom is 0.246 e. The number of aliphatic hydroxyl groups excluding tert-OH is 1. The molecule has 0 aliphatic carbocycles. The molecule has 0 unspecified atom stereocenters. The van der Waals surface area contributed by atoms with E-state index in [0.717, 1.165) is 43.8 Å². The van der Waals surface area contributed by atoms with E-state index in [1.54, 1.807) is 38.0 Å². The minimum atomic E-state index is -2.51. The monoisotopic (exact) mass is 1020 g/mol. The maximum absolute atomic E-state index is 14.1. The Bertz CT molecular complexity index is 2750. The highest BCUT2D eigenvalue weighted by Gasteiger charge is 2.44. The van der Waals surface area contributed by atoms with Crippen LogP contribution in [-0.4, -0.2) is 125 Å². The standard InChI is InChI=1S/C53H66ClN8O7PS/c1-34-49(71-33-57-34)36-18-16-35(17-19-36)30-56-51(66)43-29-40(63)32-62(43)52(67)50(53(2,3)4)59-47(64)14-10-11-15-48(65)61-24-22-60(23-25-61)39-21-20-37(44(28-39)69-5)27-46-55-31-41(54)42(58-46)26-38-12-8-9-13-45(38)70(6,7)68/h8-9,12-13,16-21,28,31,33,40,43,50,63H,10-11,14-15,22-27,29-30,32H2,1-7H3,(H,56,66)(H,59,64)/t40-,43+,50-/m1/s1. The number of anilines is 1. The fourth-order valence-corrected chi connectivity index (χ4v) is 11.5. The number of nitrogens with one attached hydrogen (secondary N) is 2. The summed E-state index contributed by atoms with van der Waals surface area (Å²) in [5.41, 5.74) is 7.52. The predicted octanol–water partition coefficient (Wildman–Crippen LogP) is 7.02. The van der Waals surface area contributed by atoms with Crippen LogP contribution in [0.2, 0.25) is 5.02 Å². The first-order valence-electron chi connectivity index (χ1n) is 24.2. The second-order valence-corrected chi connectivity index (χ2v) is 24.4. The summed E-state index contributed by atoms with van der Waals surface area (Å²) in [4.78, 5) is 74.5. The summed E-state index contributed by atoms with van der Waals surface area (Å²) in [6, 6.07) is 19.8. The third kappa shape index (κ3) is 13.6. The van der Waals surface area contributed by atoms with Gasteiger partial charge in [0.2, 0.25) is 23.6 Å². The Balaban J connectivity index is 0.853. The lowest BCUT2D eigenvalue weighted by atomic mass is 9.85.